The van der Waals surface area contributed by atoms with Gasteiger partial charge in [-0.15, -0.1) is 0 Å². The zero-order valence-corrected chi connectivity index (χ0v) is 11.8. The molecular formula is C15H14ClN3O. The van der Waals surface area contributed by atoms with E-state index in [1.165, 1.54) is 5.56 Å². The van der Waals surface area contributed by atoms with Gasteiger partial charge in [0.1, 0.15) is 11.3 Å². The number of aliphatic hydroxyl groups excluding tert-OH is 1. The van der Waals surface area contributed by atoms with Crippen LogP contribution in [0.2, 0.25) is 5.02 Å². The van der Waals surface area contributed by atoms with E-state index in [0.29, 0.717) is 11.6 Å². The van der Waals surface area contributed by atoms with Crippen LogP contribution < -0.4 is 0 Å². The normalized spacial score (nSPS) is 11.2. The second-order valence-electron chi connectivity index (χ2n) is 4.67. The number of aromatic nitrogens is 3. The first-order chi connectivity index (χ1) is 9.69. The fourth-order valence-corrected chi connectivity index (χ4v) is 2.37. The van der Waals surface area contributed by atoms with E-state index in [0.717, 1.165) is 22.6 Å². The van der Waals surface area contributed by atoms with Crippen LogP contribution in [-0.4, -0.2) is 26.2 Å². The minimum absolute atomic E-state index is 0.0363. The van der Waals surface area contributed by atoms with Gasteiger partial charge in [0.25, 0.3) is 0 Å². The fourth-order valence-electron chi connectivity index (χ4n) is 2.22. The maximum absolute atomic E-state index is 9.27. The topological polar surface area (TPSA) is 50.9 Å². The summed E-state index contributed by atoms with van der Waals surface area (Å²) >= 11 is 5.96. The van der Waals surface area contributed by atoms with Crippen LogP contribution in [0.15, 0.2) is 36.5 Å². The molecule has 0 spiro atoms. The van der Waals surface area contributed by atoms with E-state index >= 15 is 0 Å². The van der Waals surface area contributed by atoms with Crippen molar-refractivity contribution in [2.75, 3.05) is 6.61 Å². The van der Waals surface area contributed by atoms with Crippen molar-refractivity contribution in [1.82, 2.24) is 14.5 Å². The molecule has 3 aromatic rings. The molecule has 20 heavy (non-hydrogen) atoms. The number of nitrogens with zero attached hydrogens (tertiary/aromatic N) is 3. The van der Waals surface area contributed by atoms with Gasteiger partial charge < -0.3 is 9.67 Å². The van der Waals surface area contributed by atoms with Gasteiger partial charge in [0.05, 0.1) is 11.6 Å². The molecule has 0 aliphatic carbocycles. The average Bonchev–Trinajstić information content (AvgIpc) is 2.78. The van der Waals surface area contributed by atoms with E-state index in [1.807, 2.05) is 35.8 Å². The molecule has 3 rings (SSSR count). The lowest BCUT2D eigenvalue weighted by molar-refractivity contribution is 0.278. The zero-order chi connectivity index (χ0) is 14.1. The molecule has 0 fully saturated rings. The smallest absolute Gasteiger partial charge is 0.160 e. The molecule has 0 amide bonds. The third-order valence-corrected chi connectivity index (χ3v) is 3.39. The second-order valence-corrected chi connectivity index (χ2v) is 5.11. The largest absolute Gasteiger partial charge is 0.395 e. The van der Waals surface area contributed by atoms with Gasteiger partial charge in [0, 0.05) is 18.3 Å². The molecule has 2 aromatic heterocycles. The molecule has 0 bridgehead atoms. The molecule has 1 N–H and O–H groups in total. The minimum atomic E-state index is 0.0363. The standard InChI is InChI=1S/C15H14ClN3O/c1-10-2-4-11(5-3-10)14-18-13-8-12(16)9-17-15(13)19(14)6-7-20/h2-5,8-9,20H,6-7H2,1H3. The molecule has 0 saturated carbocycles. The molecule has 2 heterocycles. The summed E-state index contributed by atoms with van der Waals surface area (Å²) in [5.74, 6) is 0.795. The van der Waals surface area contributed by atoms with E-state index in [-0.39, 0.29) is 6.61 Å². The van der Waals surface area contributed by atoms with Crippen molar-refractivity contribution in [3.8, 4) is 11.4 Å². The lowest BCUT2D eigenvalue weighted by atomic mass is 10.1. The van der Waals surface area contributed by atoms with E-state index in [4.69, 9.17) is 11.6 Å². The highest BCUT2D eigenvalue weighted by Gasteiger charge is 2.13. The predicted octanol–water partition coefficient (Wildman–Crippen LogP) is 3.05. The van der Waals surface area contributed by atoms with Crippen molar-refractivity contribution in [1.29, 1.82) is 0 Å². The predicted molar refractivity (Wildman–Crippen MR) is 79.8 cm³/mol. The van der Waals surface area contributed by atoms with E-state index in [2.05, 4.69) is 9.97 Å². The number of aryl methyl sites for hydroxylation is 1. The molecule has 0 aliphatic heterocycles. The Morgan fingerprint density at radius 2 is 2.00 bits per heavy atom. The van der Waals surface area contributed by atoms with E-state index in [1.54, 1.807) is 12.3 Å². The quantitative estimate of drug-likeness (QED) is 0.805. The van der Waals surface area contributed by atoms with E-state index in [9.17, 15) is 5.11 Å². The summed E-state index contributed by atoms with van der Waals surface area (Å²) in [7, 11) is 0. The number of halogens is 1. The summed E-state index contributed by atoms with van der Waals surface area (Å²) in [6.45, 7) is 2.53. The number of imidazole rings is 1. The third-order valence-electron chi connectivity index (χ3n) is 3.18. The third kappa shape index (κ3) is 2.28. The summed E-state index contributed by atoms with van der Waals surface area (Å²) in [5.41, 5.74) is 3.67. The molecule has 4 nitrogen and oxygen atoms in total. The lowest BCUT2D eigenvalue weighted by Crippen LogP contribution is -2.05. The minimum Gasteiger partial charge on any atom is -0.395 e. The van der Waals surface area contributed by atoms with Crippen molar-refractivity contribution in [3.63, 3.8) is 0 Å². The van der Waals surface area contributed by atoms with Crippen LogP contribution in [0, 0.1) is 6.92 Å². The molecule has 0 saturated heterocycles. The molecule has 0 unspecified atom stereocenters. The Bertz CT molecular complexity index is 750. The number of fused-ring (bicyclic) bond motifs is 1. The van der Waals surface area contributed by atoms with Gasteiger partial charge in [-0.05, 0) is 13.0 Å². The lowest BCUT2D eigenvalue weighted by Gasteiger charge is -2.07. The number of aliphatic hydroxyl groups is 1. The van der Waals surface area contributed by atoms with Gasteiger partial charge in [-0.3, -0.25) is 0 Å². The average molecular weight is 288 g/mol. The Balaban J connectivity index is 2.22. The number of pyridine rings is 1. The maximum Gasteiger partial charge on any atom is 0.160 e. The van der Waals surface area contributed by atoms with Crippen molar-refractivity contribution >= 4 is 22.8 Å². The fraction of sp³-hybridized carbons (Fsp3) is 0.200. The molecular weight excluding hydrogens is 274 g/mol. The van der Waals surface area contributed by atoms with Crippen LogP contribution in [0.3, 0.4) is 0 Å². The first-order valence-electron chi connectivity index (χ1n) is 6.39. The van der Waals surface area contributed by atoms with Crippen molar-refractivity contribution in [2.24, 2.45) is 0 Å². The summed E-state index contributed by atoms with van der Waals surface area (Å²) in [6, 6.07) is 9.91. The Labute approximate surface area is 121 Å². The van der Waals surface area contributed by atoms with Crippen LogP contribution >= 0.6 is 11.6 Å². The van der Waals surface area contributed by atoms with Gasteiger partial charge in [-0.1, -0.05) is 41.4 Å². The van der Waals surface area contributed by atoms with E-state index < -0.39 is 0 Å². The molecule has 5 heteroatoms. The Hall–Kier alpha value is -1.91. The zero-order valence-electron chi connectivity index (χ0n) is 11.0. The maximum atomic E-state index is 9.27. The molecule has 0 aliphatic rings. The van der Waals surface area contributed by atoms with Crippen LogP contribution in [0.25, 0.3) is 22.6 Å². The Morgan fingerprint density at radius 1 is 1.25 bits per heavy atom. The first-order valence-corrected chi connectivity index (χ1v) is 6.76. The van der Waals surface area contributed by atoms with Crippen LogP contribution in [0.5, 0.6) is 0 Å². The van der Waals surface area contributed by atoms with Gasteiger partial charge in [-0.25, -0.2) is 9.97 Å². The van der Waals surface area contributed by atoms with Crippen LogP contribution in [-0.2, 0) is 6.54 Å². The van der Waals surface area contributed by atoms with Gasteiger partial charge in [0.15, 0.2) is 5.65 Å². The van der Waals surface area contributed by atoms with Gasteiger partial charge in [0.2, 0.25) is 0 Å². The summed E-state index contributed by atoms with van der Waals surface area (Å²) in [4.78, 5) is 8.92. The van der Waals surface area contributed by atoms with Gasteiger partial charge in [-0.2, -0.15) is 0 Å². The molecule has 0 radical (unpaired) electrons. The molecule has 1 aromatic carbocycles. The SMILES string of the molecule is Cc1ccc(-c2nc3cc(Cl)cnc3n2CCO)cc1. The number of rotatable bonds is 3. The van der Waals surface area contributed by atoms with Crippen LogP contribution in [0.1, 0.15) is 5.56 Å². The summed E-state index contributed by atoms with van der Waals surface area (Å²) < 4.78 is 1.91. The molecule has 0 atom stereocenters. The number of benzene rings is 1. The Morgan fingerprint density at radius 3 is 2.70 bits per heavy atom. The van der Waals surface area contributed by atoms with Crippen LogP contribution in [0.4, 0.5) is 0 Å². The summed E-state index contributed by atoms with van der Waals surface area (Å²) in [5, 5.41) is 9.82. The van der Waals surface area contributed by atoms with Crippen molar-refractivity contribution in [3.05, 3.63) is 47.1 Å². The number of hydrogen-bond acceptors (Lipinski definition) is 3. The molecule has 102 valence electrons. The highest BCUT2D eigenvalue weighted by Crippen LogP contribution is 2.25. The van der Waals surface area contributed by atoms with Crippen molar-refractivity contribution < 1.29 is 5.11 Å². The summed E-state index contributed by atoms with van der Waals surface area (Å²) in [6.07, 6.45) is 1.60. The Kier molecular flexibility index (Phi) is 3.42. The highest BCUT2D eigenvalue weighted by atomic mass is 35.5. The van der Waals surface area contributed by atoms with Crippen molar-refractivity contribution in [2.45, 2.75) is 13.5 Å². The second kappa shape index (κ2) is 5.23. The monoisotopic (exact) mass is 287 g/mol. The number of hydrogen-bond donors (Lipinski definition) is 1. The first kappa shape index (κ1) is 13.1. The highest BCUT2D eigenvalue weighted by molar-refractivity contribution is 6.31. The van der Waals surface area contributed by atoms with Gasteiger partial charge >= 0.3 is 0 Å².